The maximum Gasteiger partial charge on any atom is 0.191 e. The number of nitrogens with zero attached hydrogens (tertiary/aromatic N) is 1. The van der Waals surface area contributed by atoms with Crippen LogP contribution in [0, 0.1) is 5.92 Å². The third-order valence-corrected chi connectivity index (χ3v) is 5.06. The molecule has 1 aromatic carbocycles. The van der Waals surface area contributed by atoms with Gasteiger partial charge in [0.15, 0.2) is 5.96 Å². The molecule has 0 aromatic heterocycles. The molecule has 1 aliphatic heterocycles. The van der Waals surface area contributed by atoms with Crippen LogP contribution < -0.4 is 15.4 Å². The predicted molar refractivity (Wildman–Crippen MR) is 124 cm³/mol. The highest BCUT2D eigenvalue weighted by atomic mass is 127. The predicted octanol–water partition coefficient (Wildman–Crippen LogP) is 3.96. The molecule has 1 heterocycles. The van der Waals surface area contributed by atoms with E-state index in [-0.39, 0.29) is 29.4 Å². The van der Waals surface area contributed by atoms with Crippen LogP contribution in [-0.4, -0.2) is 45.9 Å². The van der Waals surface area contributed by atoms with Gasteiger partial charge in [-0.05, 0) is 49.8 Å². The minimum absolute atomic E-state index is 0. The highest BCUT2D eigenvalue weighted by Gasteiger charge is 2.34. The van der Waals surface area contributed by atoms with Gasteiger partial charge >= 0.3 is 0 Å². The first-order valence-electron chi connectivity index (χ1n) is 9.85. The Labute approximate surface area is 181 Å². The molecule has 0 amide bonds. The van der Waals surface area contributed by atoms with Crippen LogP contribution in [0.3, 0.4) is 0 Å². The van der Waals surface area contributed by atoms with Crippen molar-refractivity contribution in [3.63, 3.8) is 0 Å². The lowest BCUT2D eigenvalue weighted by Crippen LogP contribution is -2.48. The highest BCUT2D eigenvalue weighted by molar-refractivity contribution is 14.0. The third kappa shape index (κ3) is 7.49. The lowest BCUT2D eigenvalue weighted by Gasteiger charge is -2.38. The van der Waals surface area contributed by atoms with Crippen LogP contribution in [0.4, 0.5) is 0 Å². The molecule has 2 rings (SSSR count). The quantitative estimate of drug-likeness (QED) is 0.330. The van der Waals surface area contributed by atoms with Crippen molar-refractivity contribution >= 4 is 29.9 Å². The summed E-state index contributed by atoms with van der Waals surface area (Å²) in [6.07, 6.45) is 3.16. The Hall–Kier alpha value is -1.02. The average molecular weight is 489 g/mol. The molecule has 1 fully saturated rings. The molecule has 2 N–H and O–H groups in total. The SMILES string of the molecule is CCOc1ccc(C2(CNC(=NC)NCCC(C)C)CCOCC2)cc1.I. The molecule has 6 heteroatoms. The first-order chi connectivity index (χ1) is 12.6. The summed E-state index contributed by atoms with van der Waals surface area (Å²) >= 11 is 0. The molecule has 27 heavy (non-hydrogen) atoms. The number of aliphatic imine (C=N–C) groups is 1. The van der Waals surface area contributed by atoms with Crippen molar-refractivity contribution < 1.29 is 9.47 Å². The van der Waals surface area contributed by atoms with Crippen molar-refractivity contribution in [2.24, 2.45) is 10.9 Å². The van der Waals surface area contributed by atoms with Crippen molar-refractivity contribution in [1.82, 2.24) is 10.6 Å². The zero-order chi connectivity index (χ0) is 18.8. The number of benzene rings is 1. The molecule has 0 unspecified atom stereocenters. The lowest BCUT2D eigenvalue weighted by atomic mass is 9.74. The van der Waals surface area contributed by atoms with Crippen molar-refractivity contribution in [1.29, 1.82) is 0 Å². The summed E-state index contributed by atoms with van der Waals surface area (Å²) in [6, 6.07) is 8.55. The molecule has 1 aliphatic rings. The Bertz CT molecular complexity index is 555. The van der Waals surface area contributed by atoms with E-state index in [2.05, 4.69) is 53.7 Å². The van der Waals surface area contributed by atoms with Gasteiger partial charge in [0.25, 0.3) is 0 Å². The summed E-state index contributed by atoms with van der Waals surface area (Å²) < 4.78 is 11.2. The highest BCUT2D eigenvalue weighted by Crippen LogP contribution is 2.35. The van der Waals surface area contributed by atoms with E-state index in [9.17, 15) is 0 Å². The third-order valence-electron chi connectivity index (χ3n) is 5.06. The topological polar surface area (TPSA) is 54.9 Å². The van der Waals surface area contributed by atoms with Crippen LogP contribution in [0.15, 0.2) is 29.3 Å². The van der Waals surface area contributed by atoms with E-state index < -0.39 is 0 Å². The Balaban J connectivity index is 0.00000364. The van der Waals surface area contributed by atoms with Crippen LogP contribution in [0.5, 0.6) is 5.75 Å². The number of guanidine groups is 1. The van der Waals surface area contributed by atoms with Crippen molar-refractivity contribution in [3.05, 3.63) is 29.8 Å². The Morgan fingerprint density at radius 3 is 2.41 bits per heavy atom. The monoisotopic (exact) mass is 489 g/mol. The van der Waals surface area contributed by atoms with Gasteiger partial charge in [-0.25, -0.2) is 0 Å². The zero-order valence-corrected chi connectivity index (χ0v) is 19.5. The minimum Gasteiger partial charge on any atom is -0.494 e. The average Bonchev–Trinajstić information content (AvgIpc) is 2.66. The summed E-state index contributed by atoms with van der Waals surface area (Å²) in [7, 11) is 1.83. The number of hydrogen-bond acceptors (Lipinski definition) is 3. The van der Waals surface area contributed by atoms with Gasteiger partial charge in [-0.1, -0.05) is 26.0 Å². The van der Waals surface area contributed by atoms with Gasteiger partial charge in [0.05, 0.1) is 6.61 Å². The molecule has 0 bridgehead atoms. The van der Waals surface area contributed by atoms with Gasteiger partial charge < -0.3 is 20.1 Å². The Morgan fingerprint density at radius 1 is 1.19 bits per heavy atom. The molecule has 0 aliphatic carbocycles. The van der Waals surface area contributed by atoms with E-state index in [4.69, 9.17) is 9.47 Å². The molecule has 0 saturated carbocycles. The largest absolute Gasteiger partial charge is 0.494 e. The van der Waals surface area contributed by atoms with E-state index in [0.717, 1.165) is 57.3 Å². The summed E-state index contributed by atoms with van der Waals surface area (Å²) in [5, 5.41) is 6.97. The molecule has 5 nitrogen and oxygen atoms in total. The van der Waals surface area contributed by atoms with E-state index in [0.29, 0.717) is 12.5 Å². The van der Waals surface area contributed by atoms with Crippen LogP contribution in [0.25, 0.3) is 0 Å². The van der Waals surface area contributed by atoms with Crippen LogP contribution >= 0.6 is 24.0 Å². The van der Waals surface area contributed by atoms with Crippen LogP contribution in [-0.2, 0) is 10.2 Å². The smallest absolute Gasteiger partial charge is 0.191 e. The first kappa shape index (κ1) is 24.0. The summed E-state index contributed by atoms with van der Waals surface area (Å²) in [4.78, 5) is 4.38. The minimum atomic E-state index is 0. The second-order valence-electron chi connectivity index (χ2n) is 7.39. The first-order valence-corrected chi connectivity index (χ1v) is 9.85. The van der Waals surface area contributed by atoms with E-state index in [1.165, 1.54) is 5.56 Å². The number of rotatable bonds is 8. The molecule has 1 saturated heterocycles. The van der Waals surface area contributed by atoms with Gasteiger partial charge in [-0.15, -0.1) is 24.0 Å². The molecule has 0 atom stereocenters. The van der Waals surface area contributed by atoms with Crippen LogP contribution in [0.1, 0.15) is 45.6 Å². The number of hydrogen-bond donors (Lipinski definition) is 2. The Kier molecular flexibility index (Phi) is 11.1. The normalized spacial score (nSPS) is 16.6. The molecule has 154 valence electrons. The van der Waals surface area contributed by atoms with Crippen LogP contribution in [0.2, 0.25) is 0 Å². The summed E-state index contributed by atoms with van der Waals surface area (Å²) in [5.74, 6) is 2.49. The molecule has 1 aromatic rings. The van der Waals surface area contributed by atoms with E-state index in [1.54, 1.807) is 0 Å². The molecule has 0 radical (unpaired) electrons. The second kappa shape index (κ2) is 12.4. The maximum absolute atomic E-state index is 5.63. The Morgan fingerprint density at radius 2 is 1.85 bits per heavy atom. The van der Waals surface area contributed by atoms with Crippen molar-refractivity contribution in [2.75, 3.05) is 40.0 Å². The standard InChI is InChI=1S/C21H35N3O2.HI/c1-5-26-19-8-6-18(7-9-19)21(11-14-25-15-12-21)16-24-20(22-4)23-13-10-17(2)3;/h6-9,17H,5,10-16H2,1-4H3,(H2,22,23,24);1H. The van der Waals surface area contributed by atoms with E-state index >= 15 is 0 Å². The van der Waals surface area contributed by atoms with Crippen molar-refractivity contribution in [3.8, 4) is 5.75 Å². The van der Waals surface area contributed by atoms with Gasteiger partial charge in [0, 0.05) is 38.8 Å². The van der Waals surface area contributed by atoms with Gasteiger partial charge in [0.1, 0.15) is 5.75 Å². The fourth-order valence-electron chi connectivity index (χ4n) is 3.35. The van der Waals surface area contributed by atoms with Gasteiger partial charge in [-0.3, -0.25) is 4.99 Å². The zero-order valence-electron chi connectivity index (χ0n) is 17.2. The summed E-state index contributed by atoms with van der Waals surface area (Å²) in [5.41, 5.74) is 1.41. The second-order valence-corrected chi connectivity index (χ2v) is 7.39. The van der Waals surface area contributed by atoms with Gasteiger partial charge in [-0.2, -0.15) is 0 Å². The van der Waals surface area contributed by atoms with E-state index in [1.807, 2.05) is 14.0 Å². The molecular formula is C21H36IN3O2. The lowest BCUT2D eigenvalue weighted by molar-refractivity contribution is 0.0513. The maximum atomic E-state index is 5.63. The van der Waals surface area contributed by atoms with Crippen molar-refractivity contribution in [2.45, 2.75) is 45.4 Å². The molecular weight excluding hydrogens is 453 g/mol. The van der Waals surface area contributed by atoms with Gasteiger partial charge in [0.2, 0.25) is 0 Å². The number of ether oxygens (including phenoxy) is 2. The summed E-state index contributed by atoms with van der Waals surface area (Å²) in [6.45, 7) is 10.6. The number of halogens is 1. The number of nitrogens with one attached hydrogen (secondary N) is 2. The molecule has 0 spiro atoms. The fraction of sp³-hybridized carbons (Fsp3) is 0.667. The fourth-order valence-corrected chi connectivity index (χ4v) is 3.35.